The van der Waals surface area contributed by atoms with Crippen LogP contribution in [0.1, 0.15) is 15.9 Å². The lowest BCUT2D eigenvalue weighted by molar-refractivity contribution is -0.657. The van der Waals surface area contributed by atoms with Gasteiger partial charge in [0.1, 0.15) is 0 Å². The molecule has 0 N–H and O–H groups in total. The summed E-state index contributed by atoms with van der Waals surface area (Å²) in [7, 11) is 0. The van der Waals surface area contributed by atoms with Crippen molar-refractivity contribution in [1.29, 1.82) is 0 Å². The summed E-state index contributed by atoms with van der Waals surface area (Å²) in [6.45, 7) is 2.45. The molecule has 1 heterocycles. The van der Waals surface area contributed by atoms with E-state index in [4.69, 9.17) is 0 Å². The quantitative estimate of drug-likeness (QED) is 0.522. The van der Waals surface area contributed by atoms with Crippen LogP contribution in [0.25, 0.3) is 10.9 Å². The number of Topliss-reactive ketones (excluding diaryl/α,β-unsaturated/α-hetero) is 1. The Hall–Kier alpha value is -2.00. The summed E-state index contributed by atoms with van der Waals surface area (Å²) in [5, 5.41) is 1.19. The minimum atomic E-state index is 0. The predicted molar refractivity (Wildman–Crippen MR) is 90.0 cm³/mol. The second kappa shape index (κ2) is 6.64. The number of halogens is 1. The van der Waals surface area contributed by atoms with E-state index in [0.29, 0.717) is 6.54 Å². The minimum absolute atomic E-state index is 0. The minimum Gasteiger partial charge on any atom is -0.287 e. The number of nitrogens with zero attached hydrogens (tertiary/aromatic N) is 1. The normalized spacial score (nSPS) is 10.1. The van der Waals surface area contributed by atoms with Crippen LogP contribution in [0.4, 0.5) is 0 Å². The Morgan fingerprint density at radius 2 is 1.62 bits per heavy atom. The second-order valence-corrected chi connectivity index (χ2v) is 4.93. The fraction of sp³-hybridized carbons (Fsp3) is 0.111. The van der Waals surface area contributed by atoms with E-state index in [0.717, 1.165) is 11.1 Å². The van der Waals surface area contributed by atoms with Crippen molar-refractivity contribution in [1.82, 2.24) is 0 Å². The monoisotopic (exact) mass is 342 g/mol. The lowest BCUT2D eigenvalue weighted by Crippen LogP contribution is -2.38. The molecule has 0 aliphatic rings. The zero-order valence-corrected chi connectivity index (χ0v) is 13.5. The van der Waals surface area contributed by atoms with Crippen LogP contribution in [0.3, 0.4) is 0 Å². The van der Waals surface area contributed by atoms with E-state index >= 15 is 0 Å². The van der Waals surface area contributed by atoms with E-state index in [1.54, 1.807) is 0 Å². The summed E-state index contributed by atoms with van der Waals surface area (Å²) in [6.07, 6.45) is 1.98. The first-order chi connectivity index (χ1) is 9.75. The molecule has 0 unspecified atom stereocenters. The fourth-order valence-electron chi connectivity index (χ4n) is 2.44. The van der Waals surface area contributed by atoms with Gasteiger partial charge in [0.2, 0.25) is 17.8 Å². The highest BCUT2D eigenvalue weighted by Gasteiger charge is 2.15. The van der Waals surface area contributed by atoms with Gasteiger partial charge in [-0.3, -0.25) is 4.79 Å². The van der Waals surface area contributed by atoms with Gasteiger partial charge in [-0.1, -0.05) is 42.5 Å². The smallest absolute Gasteiger partial charge is 0.227 e. The van der Waals surface area contributed by atoms with E-state index in [2.05, 4.69) is 25.1 Å². The van der Waals surface area contributed by atoms with Crippen LogP contribution in [-0.2, 0) is 6.54 Å². The molecule has 0 fully saturated rings. The number of aryl methyl sites for hydroxylation is 1. The third-order valence-corrected chi connectivity index (χ3v) is 3.55. The molecule has 3 rings (SSSR count). The van der Waals surface area contributed by atoms with Crippen LogP contribution in [0.2, 0.25) is 0 Å². The molecular weight excluding hydrogens is 326 g/mol. The molecule has 2 nitrogen and oxygen atoms in total. The number of rotatable bonds is 3. The maximum atomic E-state index is 12.3. The molecule has 106 valence electrons. The topological polar surface area (TPSA) is 20.9 Å². The Bertz CT molecular complexity index is 769. The molecule has 21 heavy (non-hydrogen) atoms. The summed E-state index contributed by atoms with van der Waals surface area (Å²) < 4.78 is 2.01. The first-order valence-corrected chi connectivity index (χ1v) is 6.72. The lowest BCUT2D eigenvalue weighted by Gasteiger charge is -2.03. The van der Waals surface area contributed by atoms with Gasteiger partial charge in [0, 0.05) is 23.1 Å². The first-order valence-electron chi connectivity index (χ1n) is 6.72. The van der Waals surface area contributed by atoms with Crippen LogP contribution < -0.4 is 4.57 Å². The molecule has 0 aliphatic heterocycles. The molecule has 0 amide bonds. The van der Waals surface area contributed by atoms with Crippen molar-refractivity contribution in [2.75, 3.05) is 0 Å². The molecule has 0 aliphatic carbocycles. The molecule has 0 spiro atoms. The zero-order valence-electron chi connectivity index (χ0n) is 11.8. The SMILES string of the molecule is Br.Cc1cc[n+](CC(=O)c2ccccc2)c2ccccc12. The van der Waals surface area contributed by atoms with Gasteiger partial charge in [-0.2, -0.15) is 4.57 Å². The molecule has 3 aromatic rings. The van der Waals surface area contributed by atoms with Gasteiger partial charge in [0.05, 0.1) is 0 Å². The Balaban J connectivity index is 0.00000161. The molecule has 0 saturated carbocycles. The summed E-state index contributed by atoms with van der Waals surface area (Å²) in [5.74, 6) is 0.129. The Morgan fingerprint density at radius 3 is 2.38 bits per heavy atom. The summed E-state index contributed by atoms with van der Waals surface area (Å²) in [4.78, 5) is 12.3. The molecule has 0 bridgehead atoms. The van der Waals surface area contributed by atoms with Crippen LogP contribution in [0, 0.1) is 6.92 Å². The van der Waals surface area contributed by atoms with E-state index < -0.39 is 0 Å². The Morgan fingerprint density at radius 1 is 0.952 bits per heavy atom. The van der Waals surface area contributed by atoms with Gasteiger partial charge in [0.25, 0.3) is 0 Å². The summed E-state index contributed by atoms with van der Waals surface area (Å²) >= 11 is 0. The van der Waals surface area contributed by atoms with Crippen LogP contribution in [0.15, 0.2) is 66.9 Å². The van der Waals surface area contributed by atoms with Crippen molar-refractivity contribution < 1.29 is 9.36 Å². The Kier molecular flexibility index (Phi) is 4.86. The highest BCUT2D eigenvalue weighted by Crippen LogP contribution is 2.14. The first kappa shape index (κ1) is 15.4. The van der Waals surface area contributed by atoms with Crippen LogP contribution in [0.5, 0.6) is 0 Å². The molecule has 0 saturated heterocycles. The zero-order chi connectivity index (χ0) is 13.9. The van der Waals surface area contributed by atoms with Gasteiger partial charge in [-0.05, 0) is 18.6 Å². The van der Waals surface area contributed by atoms with Gasteiger partial charge in [-0.25, -0.2) is 0 Å². The third-order valence-electron chi connectivity index (χ3n) is 3.55. The lowest BCUT2D eigenvalue weighted by atomic mass is 10.1. The molecule has 0 radical (unpaired) electrons. The van der Waals surface area contributed by atoms with Crippen molar-refractivity contribution in [2.45, 2.75) is 13.5 Å². The van der Waals surface area contributed by atoms with Gasteiger partial charge in [-0.15, -0.1) is 17.0 Å². The Labute approximate surface area is 134 Å². The number of hydrogen-bond donors (Lipinski definition) is 0. The second-order valence-electron chi connectivity index (χ2n) is 4.93. The number of fused-ring (bicyclic) bond motifs is 1. The average molecular weight is 343 g/mol. The predicted octanol–water partition coefficient (Wildman–Crippen LogP) is 3.90. The van der Waals surface area contributed by atoms with Crippen LogP contribution >= 0.6 is 17.0 Å². The number of aromatic nitrogens is 1. The highest BCUT2D eigenvalue weighted by atomic mass is 79.9. The van der Waals surface area contributed by atoms with Crippen molar-refractivity contribution in [3.8, 4) is 0 Å². The van der Waals surface area contributed by atoms with E-state index in [1.165, 1.54) is 10.9 Å². The number of pyridine rings is 1. The standard InChI is InChI=1S/C18H16NO.BrH/c1-14-11-12-19(17-10-6-5-9-16(14)17)13-18(20)15-7-3-2-4-8-15;/h2-12H,13H2,1H3;1H/q+1;. The average Bonchev–Trinajstić information content (AvgIpc) is 2.51. The molecule has 1 aromatic heterocycles. The van der Waals surface area contributed by atoms with Crippen molar-refractivity contribution >= 4 is 33.7 Å². The molecule has 0 atom stereocenters. The summed E-state index contributed by atoms with van der Waals surface area (Å²) in [5.41, 5.74) is 3.07. The fourth-order valence-corrected chi connectivity index (χ4v) is 2.44. The van der Waals surface area contributed by atoms with E-state index in [-0.39, 0.29) is 22.8 Å². The van der Waals surface area contributed by atoms with Gasteiger partial charge < -0.3 is 0 Å². The maximum absolute atomic E-state index is 12.3. The number of carbonyl (C=O) groups excluding carboxylic acids is 1. The van der Waals surface area contributed by atoms with Crippen molar-refractivity contribution in [3.63, 3.8) is 0 Å². The van der Waals surface area contributed by atoms with E-state index in [9.17, 15) is 4.79 Å². The van der Waals surface area contributed by atoms with Gasteiger partial charge >= 0.3 is 0 Å². The highest BCUT2D eigenvalue weighted by molar-refractivity contribution is 8.93. The number of ketones is 1. The molecule has 2 aromatic carbocycles. The van der Waals surface area contributed by atoms with Crippen molar-refractivity contribution in [2.24, 2.45) is 0 Å². The van der Waals surface area contributed by atoms with Crippen LogP contribution in [-0.4, -0.2) is 5.78 Å². The molecule has 3 heteroatoms. The van der Waals surface area contributed by atoms with Gasteiger partial charge in [0.15, 0.2) is 6.20 Å². The number of benzene rings is 2. The third kappa shape index (κ3) is 3.19. The summed E-state index contributed by atoms with van der Waals surface area (Å²) in [6, 6.07) is 19.7. The molecular formula is C18H17BrNO+. The maximum Gasteiger partial charge on any atom is 0.227 e. The van der Waals surface area contributed by atoms with E-state index in [1.807, 2.05) is 53.2 Å². The largest absolute Gasteiger partial charge is 0.287 e. The number of carbonyl (C=O) groups is 1. The number of hydrogen-bond acceptors (Lipinski definition) is 1. The van der Waals surface area contributed by atoms with Crippen molar-refractivity contribution in [3.05, 3.63) is 78.0 Å². The number of para-hydroxylation sites is 1.